The van der Waals surface area contributed by atoms with E-state index >= 15 is 0 Å². The van der Waals surface area contributed by atoms with Crippen LogP contribution in [0, 0.1) is 0 Å². The molecule has 1 atom stereocenters. The van der Waals surface area contributed by atoms with Crippen LogP contribution in [0.15, 0.2) is 23.1 Å². The summed E-state index contributed by atoms with van der Waals surface area (Å²) in [5.41, 5.74) is 0.760. The van der Waals surface area contributed by atoms with Crippen LogP contribution in [0.25, 0.3) is 0 Å². The first kappa shape index (κ1) is 16.2. The average Bonchev–Trinajstić information content (AvgIpc) is 2.35. The zero-order chi connectivity index (χ0) is 14.5. The molecule has 1 aromatic rings. The predicted molar refractivity (Wildman–Crippen MR) is 77.7 cm³/mol. The molecule has 0 saturated heterocycles. The first-order valence-electron chi connectivity index (χ1n) is 6.10. The number of unbranched alkanes of at least 4 members (excludes halogenated alkanes) is 1. The quantitative estimate of drug-likeness (QED) is 0.774. The van der Waals surface area contributed by atoms with Crippen molar-refractivity contribution in [3.8, 4) is 5.75 Å². The third-order valence-electron chi connectivity index (χ3n) is 2.68. The van der Waals surface area contributed by atoms with Crippen molar-refractivity contribution in [3.05, 3.63) is 23.8 Å². The molecule has 1 rings (SSSR count). The van der Waals surface area contributed by atoms with Crippen molar-refractivity contribution in [1.82, 2.24) is 0 Å². The second-order valence-corrected chi connectivity index (χ2v) is 7.96. The minimum Gasteiger partial charge on any atom is -0.495 e. The summed E-state index contributed by atoms with van der Waals surface area (Å²) in [7, 11) is -2.86. The van der Waals surface area contributed by atoms with E-state index in [0.29, 0.717) is 17.3 Å². The smallest absolute Gasteiger partial charge is 0.179 e. The average molecular weight is 304 g/mol. The monoisotopic (exact) mass is 304 g/mol. The lowest BCUT2D eigenvalue weighted by Crippen LogP contribution is -2.05. The Bertz CT molecular complexity index is 550. The van der Waals surface area contributed by atoms with E-state index in [4.69, 9.17) is 4.74 Å². The van der Waals surface area contributed by atoms with Gasteiger partial charge in [0.25, 0.3) is 0 Å². The molecule has 0 aliphatic heterocycles. The summed E-state index contributed by atoms with van der Waals surface area (Å²) in [5, 5.41) is 0. The summed E-state index contributed by atoms with van der Waals surface area (Å²) in [4.78, 5) is 0.153. The van der Waals surface area contributed by atoms with Crippen LogP contribution in [0.3, 0.4) is 0 Å². The van der Waals surface area contributed by atoms with Crippen molar-refractivity contribution in [1.29, 1.82) is 0 Å². The molecule has 0 N–H and O–H groups in total. The van der Waals surface area contributed by atoms with E-state index in [2.05, 4.69) is 0 Å². The molecule has 1 aromatic carbocycles. The Kier molecular flexibility index (Phi) is 6.00. The summed E-state index contributed by atoms with van der Waals surface area (Å²) < 4.78 is 40.2. The van der Waals surface area contributed by atoms with Crippen LogP contribution in [0.2, 0.25) is 0 Å². The second kappa shape index (κ2) is 7.05. The van der Waals surface area contributed by atoms with Crippen LogP contribution >= 0.6 is 0 Å². The molecule has 0 radical (unpaired) electrons. The molecule has 0 saturated carbocycles. The molecule has 6 heteroatoms. The van der Waals surface area contributed by atoms with Crippen LogP contribution in [0.4, 0.5) is 0 Å². The van der Waals surface area contributed by atoms with Gasteiger partial charge in [-0.3, -0.25) is 4.21 Å². The minimum absolute atomic E-state index is 0.153. The molecule has 0 fully saturated rings. The van der Waals surface area contributed by atoms with Gasteiger partial charge in [-0.2, -0.15) is 0 Å². The Morgan fingerprint density at radius 3 is 2.53 bits per heavy atom. The summed E-state index contributed by atoms with van der Waals surface area (Å²) in [6, 6.07) is 4.93. The van der Waals surface area contributed by atoms with E-state index in [9.17, 15) is 12.6 Å². The molecule has 0 amide bonds. The number of sulfone groups is 1. The summed E-state index contributed by atoms with van der Waals surface area (Å²) in [6.45, 7) is 2.05. The van der Waals surface area contributed by atoms with Gasteiger partial charge in [0.15, 0.2) is 9.84 Å². The van der Waals surface area contributed by atoms with Crippen molar-refractivity contribution < 1.29 is 17.4 Å². The molecule has 4 nitrogen and oxygen atoms in total. The van der Waals surface area contributed by atoms with Crippen molar-refractivity contribution in [2.45, 2.75) is 30.4 Å². The number of benzene rings is 1. The van der Waals surface area contributed by atoms with Crippen LogP contribution in [0.1, 0.15) is 25.3 Å². The van der Waals surface area contributed by atoms with Gasteiger partial charge < -0.3 is 4.74 Å². The Hall–Kier alpha value is -0.880. The lowest BCUT2D eigenvalue weighted by atomic mass is 10.2. The van der Waals surface area contributed by atoms with Crippen molar-refractivity contribution in [3.63, 3.8) is 0 Å². The molecule has 0 bridgehead atoms. The lowest BCUT2D eigenvalue weighted by Gasteiger charge is -2.09. The van der Waals surface area contributed by atoms with Gasteiger partial charge in [-0.25, -0.2) is 8.42 Å². The van der Waals surface area contributed by atoms with Crippen molar-refractivity contribution >= 4 is 20.6 Å². The Balaban J connectivity index is 2.96. The molecule has 0 aliphatic carbocycles. The molecule has 19 heavy (non-hydrogen) atoms. The fourth-order valence-electron chi connectivity index (χ4n) is 1.66. The molecule has 0 spiro atoms. The fraction of sp³-hybridized carbons (Fsp3) is 0.538. The van der Waals surface area contributed by atoms with Crippen LogP contribution in [-0.4, -0.2) is 31.7 Å². The maximum atomic E-state index is 11.8. The summed E-state index contributed by atoms with van der Waals surface area (Å²) >= 11 is 0. The highest BCUT2D eigenvalue weighted by Crippen LogP contribution is 2.25. The summed E-state index contributed by atoms with van der Waals surface area (Å²) in [6.07, 6.45) is 3.06. The topological polar surface area (TPSA) is 60.4 Å². The normalized spacial score (nSPS) is 13.2. The highest BCUT2D eigenvalue weighted by atomic mass is 32.2. The van der Waals surface area contributed by atoms with Crippen molar-refractivity contribution in [2.24, 2.45) is 0 Å². The largest absolute Gasteiger partial charge is 0.495 e. The maximum Gasteiger partial charge on any atom is 0.179 e. The van der Waals surface area contributed by atoms with Crippen LogP contribution in [0.5, 0.6) is 5.75 Å². The number of methoxy groups -OCH3 is 1. The lowest BCUT2D eigenvalue weighted by molar-refractivity contribution is 0.402. The van der Waals surface area contributed by atoms with E-state index in [1.54, 1.807) is 18.2 Å². The zero-order valence-electron chi connectivity index (χ0n) is 11.5. The first-order chi connectivity index (χ1) is 8.88. The Morgan fingerprint density at radius 2 is 2.00 bits per heavy atom. The number of hydrogen-bond acceptors (Lipinski definition) is 4. The summed E-state index contributed by atoms with van der Waals surface area (Å²) in [5.74, 6) is 1.36. The van der Waals surface area contributed by atoms with Gasteiger partial charge in [-0.05, 0) is 24.1 Å². The second-order valence-electron chi connectivity index (χ2n) is 4.40. The van der Waals surface area contributed by atoms with Crippen LogP contribution in [-0.2, 0) is 26.4 Å². The highest BCUT2D eigenvalue weighted by Gasteiger charge is 2.15. The van der Waals surface area contributed by atoms with E-state index in [-0.39, 0.29) is 4.90 Å². The molecule has 0 aromatic heterocycles. The zero-order valence-corrected chi connectivity index (χ0v) is 13.1. The van der Waals surface area contributed by atoms with Gasteiger partial charge in [-0.15, -0.1) is 0 Å². The van der Waals surface area contributed by atoms with Gasteiger partial charge >= 0.3 is 0 Å². The molecule has 1 unspecified atom stereocenters. The van der Waals surface area contributed by atoms with Gasteiger partial charge in [0, 0.05) is 28.6 Å². The SMILES string of the molecule is CCCCS(=O)Cc1ccc(OC)c(S(C)(=O)=O)c1. The van der Waals surface area contributed by atoms with Crippen LogP contribution < -0.4 is 4.74 Å². The Labute approximate surface area is 117 Å². The molecule has 0 heterocycles. The Morgan fingerprint density at radius 1 is 1.32 bits per heavy atom. The minimum atomic E-state index is -3.34. The molecular weight excluding hydrogens is 284 g/mol. The van der Waals surface area contributed by atoms with Gasteiger partial charge in [0.1, 0.15) is 10.6 Å². The van der Waals surface area contributed by atoms with Gasteiger partial charge in [-0.1, -0.05) is 19.4 Å². The first-order valence-corrected chi connectivity index (χ1v) is 9.48. The van der Waals surface area contributed by atoms with Gasteiger partial charge in [0.2, 0.25) is 0 Å². The van der Waals surface area contributed by atoms with Gasteiger partial charge in [0.05, 0.1) is 7.11 Å². The molecule has 0 aliphatic rings. The highest BCUT2D eigenvalue weighted by molar-refractivity contribution is 7.90. The number of hydrogen-bond donors (Lipinski definition) is 0. The third kappa shape index (κ3) is 4.95. The van der Waals surface area contributed by atoms with E-state index in [1.165, 1.54) is 7.11 Å². The van der Waals surface area contributed by atoms with E-state index in [0.717, 1.165) is 24.7 Å². The van der Waals surface area contributed by atoms with Crippen molar-refractivity contribution in [2.75, 3.05) is 19.1 Å². The standard InChI is InChI=1S/C13H20O4S2/c1-4-5-8-18(14)10-11-6-7-12(17-2)13(9-11)19(3,15)16/h6-7,9H,4-5,8,10H2,1-3H3. The molecule has 108 valence electrons. The number of ether oxygens (including phenoxy) is 1. The van der Waals surface area contributed by atoms with E-state index < -0.39 is 20.6 Å². The predicted octanol–water partition coefficient (Wildman–Crippen LogP) is 2.15. The third-order valence-corrected chi connectivity index (χ3v) is 5.20. The maximum absolute atomic E-state index is 11.8. The molecular formula is C13H20O4S2. The fourth-order valence-corrected chi connectivity index (χ4v) is 3.85. The number of rotatable bonds is 7. The van der Waals surface area contributed by atoms with E-state index in [1.807, 2.05) is 6.92 Å².